The first-order chi connectivity index (χ1) is 14.9. The van der Waals surface area contributed by atoms with Gasteiger partial charge in [-0.15, -0.1) is 0 Å². The number of hydrogen-bond donors (Lipinski definition) is 1. The highest BCUT2D eigenvalue weighted by atomic mass is 35.5. The van der Waals surface area contributed by atoms with Crippen molar-refractivity contribution >= 4 is 32.6 Å². The average Bonchev–Trinajstić information content (AvgIpc) is 2.73. The maximum Gasteiger partial charge on any atom is 0.262 e. The minimum Gasteiger partial charge on any atom is -0.479 e. The van der Waals surface area contributed by atoms with Crippen LogP contribution in [0.4, 0.5) is 5.69 Å². The van der Waals surface area contributed by atoms with E-state index in [9.17, 15) is 13.2 Å². The molecule has 1 rings (SSSR count). The number of nitrogens with one attached hydrogen (secondary N) is 1. The molecule has 31 heavy (non-hydrogen) atoms. The summed E-state index contributed by atoms with van der Waals surface area (Å²) in [6, 6.07) is 6.76. The van der Waals surface area contributed by atoms with Crippen LogP contribution in [0.1, 0.15) is 97.3 Å². The third-order valence-electron chi connectivity index (χ3n) is 5.26. The van der Waals surface area contributed by atoms with E-state index in [1.54, 1.807) is 24.3 Å². The highest BCUT2D eigenvalue weighted by Gasteiger charge is 2.20. The van der Waals surface area contributed by atoms with E-state index in [0.29, 0.717) is 24.3 Å². The number of rotatable bonds is 19. The molecule has 0 aliphatic rings. The third kappa shape index (κ3) is 13.0. The Morgan fingerprint density at radius 2 is 1.45 bits per heavy atom. The van der Waals surface area contributed by atoms with Crippen LogP contribution in [-0.4, -0.2) is 25.5 Å². The van der Waals surface area contributed by atoms with Crippen LogP contribution in [0.3, 0.4) is 0 Å². The van der Waals surface area contributed by atoms with Gasteiger partial charge in [0.2, 0.25) is 10.0 Å². The van der Waals surface area contributed by atoms with E-state index < -0.39 is 21.4 Å². The molecular formula is C24H40ClNO4S. The topological polar surface area (TPSA) is 72.5 Å². The van der Waals surface area contributed by atoms with Gasteiger partial charge in [0, 0.05) is 0 Å². The molecule has 1 aromatic carbocycles. The first kappa shape index (κ1) is 27.8. The summed E-state index contributed by atoms with van der Waals surface area (Å²) in [7, 11) is -3.46. The largest absolute Gasteiger partial charge is 0.479 e. The maximum absolute atomic E-state index is 12.2. The first-order valence-corrected chi connectivity index (χ1v) is 13.9. The number of para-hydroxylation sites is 2. The predicted molar refractivity (Wildman–Crippen MR) is 130 cm³/mol. The fourth-order valence-corrected chi connectivity index (χ4v) is 4.82. The summed E-state index contributed by atoms with van der Waals surface area (Å²) in [5, 5.41) is -0.556. The number of anilines is 1. The Balaban J connectivity index is 2.47. The minimum atomic E-state index is -3.46. The molecule has 0 radical (unpaired) electrons. The Kier molecular flexibility index (Phi) is 14.7. The maximum atomic E-state index is 12.2. The molecule has 0 fully saturated rings. The molecule has 0 spiro atoms. The van der Waals surface area contributed by atoms with Gasteiger partial charge < -0.3 is 4.74 Å². The molecule has 5 nitrogen and oxygen atoms in total. The summed E-state index contributed by atoms with van der Waals surface area (Å²) in [5.41, 5.74) is 0.338. The minimum absolute atomic E-state index is 0.0499. The summed E-state index contributed by atoms with van der Waals surface area (Å²) in [6.07, 6.45) is 13.2. The van der Waals surface area contributed by atoms with Gasteiger partial charge in [-0.05, 0) is 43.0 Å². The molecule has 0 heterocycles. The van der Waals surface area contributed by atoms with Gasteiger partial charge in [0.05, 0.1) is 11.4 Å². The Hall–Kier alpha value is -1.27. The van der Waals surface area contributed by atoms with Gasteiger partial charge >= 0.3 is 0 Å². The fraction of sp³-hybridized carbons (Fsp3) is 0.708. The van der Waals surface area contributed by atoms with Crippen molar-refractivity contribution < 1.29 is 17.9 Å². The van der Waals surface area contributed by atoms with Gasteiger partial charge in [-0.2, -0.15) is 0 Å². The van der Waals surface area contributed by atoms with Crippen LogP contribution in [0, 0.1) is 0 Å². The van der Waals surface area contributed by atoms with Crippen molar-refractivity contribution in [2.24, 2.45) is 0 Å². The van der Waals surface area contributed by atoms with Gasteiger partial charge in [-0.1, -0.05) is 90.2 Å². The van der Waals surface area contributed by atoms with E-state index in [0.717, 1.165) is 25.7 Å². The zero-order chi connectivity index (χ0) is 23.0. The number of halogens is 1. The molecule has 0 amide bonds. The molecule has 1 atom stereocenters. The van der Waals surface area contributed by atoms with Gasteiger partial charge in [0.15, 0.2) is 6.10 Å². The molecule has 0 aliphatic carbocycles. The van der Waals surface area contributed by atoms with Crippen LogP contribution in [0.15, 0.2) is 24.3 Å². The molecule has 0 aliphatic heterocycles. The molecular weight excluding hydrogens is 434 g/mol. The average molecular weight is 474 g/mol. The quantitative estimate of drug-likeness (QED) is 0.172. The second-order valence-corrected chi connectivity index (χ2v) is 10.4. The second kappa shape index (κ2) is 16.4. The van der Waals surface area contributed by atoms with Crippen molar-refractivity contribution in [1.82, 2.24) is 0 Å². The lowest BCUT2D eigenvalue weighted by molar-refractivity contribution is -0.118. The summed E-state index contributed by atoms with van der Waals surface area (Å²) in [5.74, 6) is 0.377. The van der Waals surface area contributed by atoms with Crippen LogP contribution in [-0.2, 0) is 14.8 Å². The zero-order valence-electron chi connectivity index (χ0n) is 19.2. The summed E-state index contributed by atoms with van der Waals surface area (Å²) < 4.78 is 32.9. The standard InChI is InChI=1S/C24H40ClNO4S/c1-3-5-7-8-9-10-11-12-13-14-19-23(24(25)27)30-22-18-16-15-17-21(22)26-31(28,29)20-6-4-2/h15-18,23,26H,3-14,19-20H2,1-2H3. The van der Waals surface area contributed by atoms with E-state index in [-0.39, 0.29) is 5.75 Å². The molecule has 0 aromatic heterocycles. The Morgan fingerprint density at radius 1 is 0.903 bits per heavy atom. The van der Waals surface area contributed by atoms with Crippen LogP contribution in [0.2, 0.25) is 0 Å². The molecule has 178 valence electrons. The van der Waals surface area contributed by atoms with Crippen molar-refractivity contribution in [2.75, 3.05) is 10.5 Å². The third-order valence-corrected chi connectivity index (χ3v) is 6.86. The molecule has 0 saturated carbocycles. The number of carbonyl (C=O) groups excluding carboxylic acids is 1. The monoisotopic (exact) mass is 473 g/mol. The van der Waals surface area contributed by atoms with Crippen molar-refractivity contribution in [3.8, 4) is 5.75 Å². The lowest BCUT2D eigenvalue weighted by Crippen LogP contribution is -2.24. The first-order valence-electron chi connectivity index (χ1n) is 11.8. The van der Waals surface area contributed by atoms with Crippen LogP contribution < -0.4 is 9.46 Å². The van der Waals surface area contributed by atoms with Crippen molar-refractivity contribution in [2.45, 2.75) is 103 Å². The molecule has 1 unspecified atom stereocenters. The van der Waals surface area contributed by atoms with E-state index in [1.165, 1.54) is 44.9 Å². The van der Waals surface area contributed by atoms with Gasteiger partial charge in [0.25, 0.3) is 5.24 Å². The smallest absolute Gasteiger partial charge is 0.262 e. The lowest BCUT2D eigenvalue weighted by Gasteiger charge is -2.18. The lowest BCUT2D eigenvalue weighted by atomic mass is 10.0. The molecule has 1 N–H and O–H groups in total. The molecule has 1 aromatic rings. The fourth-order valence-electron chi connectivity index (χ4n) is 3.40. The SMILES string of the molecule is CCCCCCCCCCCCC(Oc1ccccc1NS(=O)(=O)CCCC)C(=O)Cl. The van der Waals surface area contributed by atoms with Crippen LogP contribution in [0.25, 0.3) is 0 Å². The predicted octanol–water partition coefficient (Wildman–Crippen LogP) is 7.05. The normalized spacial score (nSPS) is 12.5. The highest BCUT2D eigenvalue weighted by molar-refractivity contribution is 7.92. The van der Waals surface area contributed by atoms with E-state index >= 15 is 0 Å². The Bertz CT molecular complexity index is 724. The summed E-state index contributed by atoms with van der Waals surface area (Å²) in [4.78, 5) is 11.9. The van der Waals surface area contributed by atoms with Crippen LogP contribution >= 0.6 is 11.6 Å². The number of benzene rings is 1. The van der Waals surface area contributed by atoms with Gasteiger partial charge in [-0.3, -0.25) is 9.52 Å². The van der Waals surface area contributed by atoms with E-state index in [2.05, 4.69) is 11.6 Å². The Morgan fingerprint density at radius 3 is 2.03 bits per heavy atom. The van der Waals surface area contributed by atoms with Crippen molar-refractivity contribution in [3.05, 3.63) is 24.3 Å². The van der Waals surface area contributed by atoms with E-state index in [4.69, 9.17) is 16.3 Å². The van der Waals surface area contributed by atoms with E-state index in [1.807, 2.05) is 6.92 Å². The number of sulfonamides is 1. The van der Waals surface area contributed by atoms with Crippen LogP contribution in [0.5, 0.6) is 5.75 Å². The molecule has 0 saturated heterocycles. The second-order valence-electron chi connectivity index (χ2n) is 8.15. The number of ether oxygens (including phenoxy) is 1. The highest BCUT2D eigenvalue weighted by Crippen LogP contribution is 2.28. The summed E-state index contributed by atoms with van der Waals surface area (Å²) >= 11 is 5.77. The molecule has 0 bridgehead atoms. The number of unbranched alkanes of at least 4 members (excludes halogenated alkanes) is 10. The van der Waals surface area contributed by atoms with Crippen molar-refractivity contribution in [3.63, 3.8) is 0 Å². The summed E-state index contributed by atoms with van der Waals surface area (Å²) in [6.45, 7) is 4.17. The van der Waals surface area contributed by atoms with Crippen molar-refractivity contribution in [1.29, 1.82) is 0 Å². The zero-order valence-corrected chi connectivity index (χ0v) is 20.8. The Labute approximate surface area is 194 Å². The number of carbonyl (C=O) groups is 1. The van der Waals surface area contributed by atoms with Gasteiger partial charge in [0.1, 0.15) is 5.75 Å². The number of hydrogen-bond acceptors (Lipinski definition) is 4. The van der Waals surface area contributed by atoms with Gasteiger partial charge in [-0.25, -0.2) is 8.42 Å². The molecule has 7 heteroatoms.